The zero-order chi connectivity index (χ0) is 8.65. The van der Waals surface area contributed by atoms with Gasteiger partial charge in [-0.15, -0.1) is 0 Å². The van der Waals surface area contributed by atoms with E-state index in [1.807, 2.05) is 18.2 Å². The molecule has 0 bridgehead atoms. The van der Waals surface area contributed by atoms with Crippen LogP contribution >= 0.6 is 0 Å². The van der Waals surface area contributed by atoms with E-state index in [-0.39, 0.29) is 0 Å². The summed E-state index contributed by atoms with van der Waals surface area (Å²) in [6, 6.07) is 1.87. The van der Waals surface area contributed by atoms with Gasteiger partial charge in [0.15, 0.2) is 0 Å². The lowest BCUT2D eigenvalue weighted by Crippen LogP contribution is -1.71. The number of rotatable bonds is 4. The first-order chi connectivity index (χ1) is 5.93. The average molecular weight is 163 g/mol. The molecule has 0 unspecified atom stereocenters. The van der Waals surface area contributed by atoms with Crippen molar-refractivity contribution in [3.8, 4) is 0 Å². The smallest absolute Gasteiger partial charge is 0.0974 e. The van der Waals surface area contributed by atoms with Gasteiger partial charge in [-0.05, 0) is 18.0 Å². The topological polar surface area (TPSA) is 61.9 Å². The highest BCUT2D eigenvalue weighted by Gasteiger charge is 1.84. The Balaban J connectivity index is 2.27. The first-order valence-electron chi connectivity index (χ1n) is 3.63. The van der Waals surface area contributed by atoms with E-state index >= 15 is 0 Å². The van der Waals surface area contributed by atoms with Crippen LogP contribution in [0.4, 0.5) is 0 Å². The minimum atomic E-state index is 0.505. The van der Waals surface area contributed by atoms with Crippen LogP contribution in [-0.4, -0.2) is 6.54 Å². The highest BCUT2D eigenvalue weighted by molar-refractivity contribution is 5.46. The summed E-state index contributed by atoms with van der Waals surface area (Å²) in [5.41, 5.74) is 8.99. The van der Waals surface area contributed by atoms with E-state index in [9.17, 15) is 0 Å². The van der Waals surface area contributed by atoms with Crippen LogP contribution in [0.5, 0.6) is 0 Å². The summed E-state index contributed by atoms with van der Waals surface area (Å²) >= 11 is 0. The van der Waals surface area contributed by atoms with Gasteiger partial charge in [0.25, 0.3) is 0 Å². The van der Waals surface area contributed by atoms with Gasteiger partial charge in [0.2, 0.25) is 0 Å². The van der Waals surface area contributed by atoms with Crippen LogP contribution in [0.1, 0.15) is 12.0 Å². The zero-order valence-electron chi connectivity index (χ0n) is 6.55. The lowest BCUT2D eigenvalue weighted by Gasteiger charge is -1.82. The number of hydrogen-bond donors (Lipinski definition) is 0. The van der Waals surface area contributed by atoms with Crippen molar-refractivity contribution in [2.24, 2.45) is 5.11 Å². The third-order valence-corrected chi connectivity index (χ3v) is 1.31. The van der Waals surface area contributed by atoms with Gasteiger partial charge in [0.05, 0.1) is 12.5 Å². The Kier molecular flexibility index (Phi) is 3.54. The molecule has 0 saturated heterocycles. The molecule has 1 aromatic heterocycles. The predicted octanol–water partition coefficient (Wildman–Crippen LogP) is 2.99. The molecule has 0 aliphatic heterocycles. The highest BCUT2D eigenvalue weighted by atomic mass is 16.3. The quantitative estimate of drug-likeness (QED) is 0.291. The van der Waals surface area contributed by atoms with E-state index in [1.54, 1.807) is 12.5 Å². The number of nitrogens with zero attached hydrogens (tertiary/aromatic N) is 3. The molecule has 0 radical (unpaired) electrons. The Labute approximate surface area is 70.1 Å². The Hall–Kier alpha value is -1.67. The number of azide groups is 1. The molecule has 0 amide bonds. The minimum Gasteiger partial charge on any atom is -0.472 e. The fourth-order valence-electron chi connectivity index (χ4n) is 0.766. The van der Waals surface area contributed by atoms with Crippen molar-refractivity contribution in [3.63, 3.8) is 0 Å². The number of hydrogen-bond acceptors (Lipinski definition) is 2. The molecule has 0 aliphatic carbocycles. The lowest BCUT2D eigenvalue weighted by atomic mass is 10.3. The fourth-order valence-corrected chi connectivity index (χ4v) is 0.766. The summed E-state index contributed by atoms with van der Waals surface area (Å²) in [7, 11) is 0. The molecule has 12 heavy (non-hydrogen) atoms. The van der Waals surface area contributed by atoms with E-state index in [2.05, 4.69) is 10.0 Å². The van der Waals surface area contributed by atoms with Gasteiger partial charge >= 0.3 is 0 Å². The van der Waals surface area contributed by atoms with Crippen LogP contribution in [0.3, 0.4) is 0 Å². The largest absolute Gasteiger partial charge is 0.472 e. The van der Waals surface area contributed by atoms with Crippen molar-refractivity contribution < 1.29 is 4.42 Å². The van der Waals surface area contributed by atoms with Crippen LogP contribution in [0.2, 0.25) is 0 Å². The fraction of sp³-hybridized carbons (Fsp3) is 0.250. The molecule has 0 N–H and O–H groups in total. The lowest BCUT2D eigenvalue weighted by molar-refractivity contribution is 0.567. The van der Waals surface area contributed by atoms with E-state index in [4.69, 9.17) is 9.95 Å². The second kappa shape index (κ2) is 5.04. The minimum absolute atomic E-state index is 0.505. The van der Waals surface area contributed by atoms with Crippen LogP contribution < -0.4 is 0 Å². The molecular weight excluding hydrogens is 154 g/mol. The molecule has 1 heterocycles. The van der Waals surface area contributed by atoms with Crippen molar-refractivity contribution in [1.82, 2.24) is 0 Å². The van der Waals surface area contributed by atoms with Gasteiger partial charge in [-0.3, -0.25) is 0 Å². The third kappa shape index (κ3) is 2.94. The molecule has 0 fully saturated rings. The first-order valence-corrected chi connectivity index (χ1v) is 3.63. The summed E-state index contributed by atoms with van der Waals surface area (Å²) < 4.78 is 4.86. The average Bonchev–Trinajstić information content (AvgIpc) is 2.57. The second-order valence-corrected chi connectivity index (χ2v) is 2.20. The van der Waals surface area contributed by atoms with Crippen molar-refractivity contribution >= 4 is 6.08 Å². The summed E-state index contributed by atoms with van der Waals surface area (Å²) in [6.45, 7) is 0.505. The van der Waals surface area contributed by atoms with Crippen molar-refractivity contribution in [2.45, 2.75) is 6.42 Å². The molecule has 0 saturated carbocycles. The standard InChI is InChI=1S/C8H9N3O/c9-11-10-5-2-1-3-8-4-6-12-7-8/h1,3-4,6-7H,2,5H2. The van der Waals surface area contributed by atoms with E-state index in [0.717, 1.165) is 12.0 Å². The molecule has 0 atom stereocenters. The number of furan rings is 1. The normalized spacial score (nSPS) is 10.0. The Morgan fingerprint density at radius 1 is 1.67 bits per heavy atom. The second-order valence-electron chi connectivity index (χ2n) is 2.20. The molecular formula is C8H9N3O. The molecule has 1 rings (SSSR count). The van der Waals surface area contributed by atoms with Gasteiger partial charge in [-0.25, -0.2) is 0 Å². The van der Waals surface area contributed by atoms with Crippen LogP contribution in [0.15, 0.2) is 34.2 Å². The maximum atomic E-state index is 7.97. The van der Waals surface area contributed by atoms with E-state index in [0.29, 0.717) is 6.54 Å². The van der Waals surface area contributed by atoms with Gasteiger partial charge in [-0.2, -0.15) is 0 Å². The third-order valence-electron chi connectivity index (χ3n) is 1.31. The van der Waals surface area contributed by atoms with Gasteiger partial charge in [0, 0.05) is 17.0 Å². The summed E-state index contributed by atoms with van der Waals surface area (Å²) in [4.78, 5) is 2.64. The maximum Gasteiger partial charge on any atom is 0.0974 e. The van der Waals surface area contributed by atoms with E-state index < -0.39 is 0 Å². The molecule has 62 valence electrons. The van der Waals surface area contributed by atoms with Crippen molar-refractivity contribution in [2.75, 3.05) is 6.54 Å². The molecule has 0 aliphatic rings. The highest BCUT2D eigenvalue weighted by Crippen LogP contribution is 2.02. The Bertz CT molecular complexity index is 283. The van der Waals surface area contributed by atoms with Crippen LogP contribution in [0, 0.1) is 0 Å². The summed E-state index contributed by atoms with van der Waals surface area (Å²) in [5.74, 6) is 0. The van der Waals surface area contributed by atoms with Crippen molar-refractivity contribution in [3.05, 3.63) is 40.7 Å². The monoisotopic (exact) mass is 163 g/mol. The molecule has 0 aromatic carbocycles. The van der Waals surface area contributed by atoms with E-state index in [1.165, 1.54) is 0 Å². The van der Waals surface area contributed by atoms with Crippen molar-refractivity contribution in [1.29, 1.82) is 0 Å². The molecule has 4 nitrogen and oxygen atoms in total. The summed E-state index contributed by atoms with van der Waals surface area (Å²) in [6.07, 6.45) is 7.91. The Morgan fingerprint density at radius 2 is 2.58 bits per heavy atom. The van der Waals surface area contributed by atoms with Gasteiger partial charge in [-0.1, -0.05) is 17.3 Å². The predicted molar refractivity (Wildman–Crippen MR) is 46.4 cm³/mol. The first kappa shape index (κ1) is 8.43. The molecule has 1 aromatic rings. The zero-order valence-corrected chi connectivity index (χ0v) is 6.55. The maximum absolute atomic E-state index is 7.97. The van der Waals surface area contributed by atoms with Crippen LogP contribution in [-0.2, 0) is 0 Å². The van der Waals surface area contributed by atoms with Gasteiger partial charge < -0.3 is 4.42 Å². The Morgan fingerprint density at radius 3 is 3.25 bits per heavy atom. The van der Waals surface area contributed by atoms with Gasteiger partial charge in [0.1, 0.15) is 0 Å². The SMILES string of the molecule is [N-]=[N+]=NCCC=Cc1ccoc1. The summed E-state index contributed by atoms with van der Waals surface area (Å²) in [5, 5.41) is 3.40. The molecule has 4 heteroatoms. The van der Waals surface area contributed by atoms with Crippen LogP contribution in [0.25, 0.3) is 16.5 Å². The molecule has 0 spiro atoms.